The Kier molecular flexibility index (Phi) is 4.08. The van der Waals surface area contributed by atoms with Gasteiger partial charge in [-0.15, -0.1) is 0 Å². The van der Waals surface area contributed by atoms with E-state index in [1.54, 1.807) is 0 Å². The van der Waals surface area contributed by atoms with E-state index in [1.165, 1.54) is 24.3 Å². The standard InChI is InChI=1S/C12H9Cl2FN2O2S/c13-8-2-1-3-9(14)12(8)20(18,19)17-7-4-5-10(15)11(16)6-7/h1-6,17H,16H2. The molecular weight excluding hydrogens is 326 g/mol. The van der Waals surface area contributed by atoms with E-state index >= 15 is 0 Å². The molecule has 0 saturated carbocycles. The Morgan fingerprint density at radius 1 is 1.10 bits per heavy atom. The number of nitrogen functional groups attached to an aromatic ring is 1. The number of sulfonamides is 1. The maximum Gasteiger partial charge on any atom is 0.264 e. The lowest BCUT2D eigenvalue weighted by atomic mass is 10.3. The van der Waals surface area contributed by atoms with Gasteiger partial charge in [0.2, 0.25) is 0 Å². The minimum atomic E-state index is -4.00. The van der Waals surface area contributed by atoms with Crippen LogP contribution >= 0.6 is 23.2 Å². The van der Waals surface area contributed by atoms with Gasteiger partial charge in [-0.25, -0.2) is 12.8 Å². The van der Waals surface area contributed by atoms with Gasteiger partial charge in [0.15, 0.2) is 0 Å². The molecular formula is C12H9Cl2FN2O2S. The fourth-order valence-corrected chi connectivity index (χ4v) is 3.75. The summed E-state index contributed by atoms with van der Waals surface area (Å²) < 4.78 is 39.7. The van der Waals surface area contributed by atoms with Gasteiger partial charge in [0, 0.05) is 0 Å². The lowest BCUT2D eigenvalue weighted by Gasteiger charge is -2.11. The highest BCUT2D eigenvalue weighted by Crippen LogP contribution is 2.30. The summed E-state index contributed by atoms with van der Waals surface area (Å²) >= 11 is 11.7. The summed E-state index contributed by atoms with van der Waals surface area (Å²) in [7, 11) is -4.00. The summed E-state index contributed by atoms with van der Waals surface area (Å²) in [5.74, 6) is -0.635. The van der Waals surface area contributed by atoms with E-state index in [2.05, 4.69) is 4.72 Å². The maximum absolute atomic E-state index is 13.0. The molecule has 0 radical (unpaired) electrons. The van der Waals surface area contributed by atoms with Gasteiger partial charge < -0.3 is 5.73 Å². The number of hydrogen-bond donors (Lipinski definition) is 2. The van der Waals surface area contributed by atoms with Crippen LogP contribution in [0.2, 0.25) is 10.0 Å². The lowest BCUT2D eigenvalue weighted by Crippen LogP contribution is -2.14. The van der Waals surface area contributed by atoms with E-state index in [0.29, 0.717) is 0 Å². The second-order valence-electron chi connectivity index (χ2n) is 3.89. The van der Waals surface area contributed by atoms with Gasteiger partial charge in [-0.3, -0.25) is 4.72 Å². The van der Waals surface area contributed by atoms with Crippen molar-refractivity contribution in [3.05, 3.63) is 52.3 Å². The van der Waals surface area contributed by atoms with Crippen LogP contribution in [0.1, 0.15) is 0 Å². The van der Waals surface area contributed by atoms with E-state index in [4.69, 9.17) is 28.9 Å². The molecule has 0 atom stereocenters. The molecule has 0 aromatic heterocycles. The fourth-order valence-electron chi connectivity index (χ4n) is 1.55. The zero-order valence-electron chi connectivity index (χ0n) is 9.90. The summed E-state index contributed by atoms with van der Waals surface area (Å²) in [5, 5.41) is -0.0276. The van der Waals surface area contributed by atoms with Crippen LogP contribution in [0.3, 0.4) is 0 Å². The first kappa shape index (κ1) is 14.9. The zero-order chi connectivity index (χ0) is 14.9. The third kappa shape index (κ3) is 2.98. The smallest absolute Gasteiger partial charge is 0.264 e. The summed E-state index contributed by atoms with van der Waals surface area (Å²) in [6.07, 6.45) is 0. The third-order valence-corrected chi connectivity index (χ3v) is 4.77. The Labute approximate surface area is 125 Å². The van der Waals surface area contributed by atoms with Crippen molar-refractivity contribution in [3.63, 3.8) is 0 Å². The molecule has 0 aliphatic rings. The van der Waals surface area contributed by atoms with Crippen molar-refractivity contribution in [2.45, 2.75) is 4.90 Å². The van der Waals surface area contributed by atoms with Gasteiger partial charge in [-0.05, 0) is 30.3 Å². The molecule has 106 valence electrons. The van der Waals surface area contributed by atoms with E-state index in [9.17, 15) is 12.8 Å². The van der Waals surface area contributed by atoms with Gasteiger partial charge in [0.1, 0.15) is 10.7 Å². The summed E-state index contributed by atoms with van der Waals surface area (Å²) in [6, 6.07) is 7.80. The van der Waals surface area contributed by atoms with Crippen molar-refractivity contribution in [2.75, 3.05) is 10.5 Å². The van der Waals surface area contributed by atoms with E-state index < -0.39 is 15.8 Å². The van der Waals surface area contributed by atoms with E-state index in [-0.39, 0.29) is 26.3 Å². The molecule has 0 fully saturated rings. The molecule has 3 N–H and O–H groups in total. The molecule has 0 unspecified atom stereocenters. The molecule has 0 heterocycles. The second-order valence-corrected chi connectivity index (χ2v) is 6.33. The molecule has 20 heavy (non-hydrogen) atoms. The summed E-state index contributed by atoms with van der Waals surface area (Å²) in [4.78, 5) is -0.244. The van der Waals surface area contributed by atoms with Crippen LogP contribution in [-0.4, -0.2) is 8.42 Å². The molecule has 0 saturated heterocycles. The van der Waals surface area contributed by atoms with Crippen molar-refractivity contribution in [3.8, 4) is 0 Å². The minimum absolute atomic E-state index is 0.0138. The molecule has 2 aromatic carbocycles. The Morgan fingerprint density at radius 2 is 1.70 bits per heavy atom. The average molecular weight is 335 g/mol. The highest BCUT2D eigenvalue weighted by Gasteiger charge is 2.21. The molecule has 0 aliphatic heterocycles. The molecule has 0 bridgehead atoms. The largest absolute Gasteiger partial charge is 0.396 e. The number of anilines is 2. The molecule has 8 heteroatoms. The lowest BCUT2D eigenvalue weighted by molar-refractivity contribution is 0.601. The number of nitrogens with one attached hydrogen (secondary N) is 1. The van der Waals surface area contributed by atoms with Gasteiger partial charge in [0.25, 0.3) is 10.0 Å². The van der Waals surface area contributed by atoms with Gasteiger partial charge in [-0.1, -0.05) is 29.3 Å². The predicted molar refractivity (Wildman–Crippen MR) is 78.1 cm³/mol. The zero-order valence-corrected chi connectivity index (χ0v) is 12.2. The average Bonchev–Trinajstić information content (AvgIpc) is 2.33. The number of halogens is 3. The van der Waals surface area contributed by atoms with E-state index in [1.807, 2.05) is 0 Å². The first-order valence-corrected chi connectivity index (χ1v) is 7.57. The monoisotopic (exact) mass is 334 g/mol. The molecule has 0 aliphatic carbocycles. The van der Waals surface area contributed by atoms with Crippen molar-refractivity contribution in [2.24, 2.45) is 0 Å². The molecule has 0 spiro atoms. The van der Waals surface area contributed by atoms with Gasteiger partial charge in [0.05, 0.1) is 21.4 Å². The SMILES string of the molecule is Nc1cc(NS(=O)(=O)c2c(Cl)cccc2Cl)ccc1F. The second kappa shape index (κ2) is 5.47. The van der Waals surface area contributed by atoms with Crippen LogP contribution in [-0.2, 0) is 10.0 Å². The van der Waals surface area contributed by atoms with E-state index in [0.717, 1.165) is 12.1 Å². The summed E-state index contributed by atoms with van der Waals surface area (Å²) in [5.41, 5.74) is 5.32. The Bertz CT molecular complexity index is 746. The Balaban J connectivity index is 2.43. The summed E-state index contributed by atoms with van der Waals surface area (Å²) in [6.45, 7) is 0. The van der Waals surface area contributed by atoms with Gasteiger partial charge >= 0.3 is 0 Å². The van der Waals surface area contributed by atoms with Crippen molar-refractivity contribution < 1.29 is 12.8 Å². The number of hydrogen-bond acceptors (Lipinski definition) is 3. The maximum atomic E-state index is 13.0. The normalized spacial score (nSPS) is 11.3. The van der Waals surface area contributed by atoms with Crippen LogP contribution in [0.15, 0.2) is 41.3 Å². The third-order valence-electron chi connectivity index (χ3n) is 2.44. The van der Waals surface area contributed by atoms with Gasteiger partial charge in [-0.2, -0.15) is 0 Å². The molecule has 2 aromatic rings. The molecule has 4 nitrogen and oxygen atoms in total. The van der Waals surface area contributed by atoms with Crippen LogP contribution in [0.25, 0.3) is 0 Å². The first-order chi connectivity index (χ1) is 9.31. The van der Waals surface area contributed by atoms with Crippen LogP contribution < -0.4 is 10.5 Å². The van der Waals surface area contributed by atoms with Crippen LogP contribution in [0.5, 0.6) is 0 Å². The van der Waals surface area contributed by atoms with Crippen molar-refractivity contribution >= 4 is 44.6 Å². The quantitative estimate of drug-likeness (QED) is 0.843. The highest BCUT2D eigenvalue weighted by atomic mass is 35.5. The number of nitrogens with two attached hydrogens (primary N) is 1. The van der Waals surface area contributed by atoms with Crippen molar-refractivity contribution in [1.29, 1.82) is 0 Å². The van der Waals surface area contributed by atoms with Crippen LogP contribution in [0, 0.1) is 5.82 Å². The minimum Gasteiger partial charge on any atom is -0.396 e. The highest BCUT2D eigenvalue weighted by molar-refractivity contribution is 7.93. The molecule has 2 rings (SSSR count). The van der Waals surface area contributed by atoms with Crippen molar-refractivity contribution in [1.82, 2.24) is 0 Å². The number of benzene rings is 2. The fraction of sp³-hybridized carbons (Fsp3) is 0. The Hall–Kier alpha value is -1.50. The molecule has 0 amide bonds. The Morgan fingerprint density at radius 3 is 2.25 bits per heavy atom. The first-order valence-electron chi connectivity index (χ1n) is 5.33. The topological polar surface area (TPSA) is 72.2 Å². The predicted octanol–water partition coefficient (Wildman–Crippen LogP) is 3.52. The van der Waals surface area contributed by atoms with Crippen LogP contribution in [0.4, 0.5) is 15.8 Å². The number of rotatable bonds is 3.